The smallest absolute Gasteiger partial charge is 0.159 e. The van der Waals surface area contributed by atoms with Crippen LogP contribution in [0.4, 0.5) is 0 Å². The highest BCUT2D eigenvalue weighted by molar-refractivity contribution is 7.73. The predicted octanol–water partition coefficient (Wildman–Crippen LogP) is 4.91. The van der Waals surface area contributed by atoms with Gasteiger partial charge in [-0.1, -0.05) is 13.8 Å². The van der Waals surface area contributed by atoms with Crippen molar-refractivity contribution in [1.29, 1.82) is 0 Å². The van der Waals surface area contributed by atoms with Crippen LogP contribution in [0.25, 0.3) is 11.3 Å². The van der Waals surface area contributed by atoms with E-state index in [-0.39, 0.29) is 0 Å². The zero-order valence-electron chi connectivity index (χ0n) is 11.0. The summed E-state index contributed by atoms with van der Waals surface area (Å²) in [4.78, 5) is 4.48. The van der Waals surface area contributed by atoms with Crippen LogP contribution in [0, 0.1) is 10.9 Å². The Balaban J connectivity index is 2.56. The van der Waals surface area contributed by atoms with Crippen molar-refractivity contribution < 1.29 is 4.74 Å². The number of rotatable bonds is 3. The fourth-order valence-electron chi connectivity index (χ4n) is 2.02. The highest BCUT2D eigenvalue weighted by atomic mass is 32.1. The zero-order valence-corrected chi connectivity index (χ0v) is 12.7. The van der Waals surface area contributed by atoms with Crippen LogP contribution < -0.4 is 4.74 Å². The van der Waals surface area contributed by atoms with E-state index in [1.807, 2.05) is 6.07 Å². The fraction of sp³-hybridized carbons (Fsp3) is 0.357. The first kappa shape index (κ1) is 13.3. The third-order valence-electron chi connectivity index (χ3n) is 2.97. The summed E-state index contributed by atoms with van der Waals surface area (Å²) in [6, 6.07) is 6.29. The molecular weight excluding hydrogens is 262 g/mol. The number of H-pyrrole nitrogens is 1. The molecule has 18 heavy (non-hydrogen) atoms. The Hall–Kier alpha value is -1.13. The number of aromatic amines is 1. The average molecular weight is 279 g/mol. The van der Waals surface area contributed by atoms with Crippen LogP contribution in [-0.2, 0) is 0 Å². The summed E-state index contributed by atoms with van der Waals surface area (Å²) in [5.41, 5.74) is 3.51. The van der Waals surface area contributed by atoms with E-state index in [1.54, 1.807) is 18.4 Å². The van der Waals surface area contributed by atoms with Crippen molar-refractivity contribution in [1.82, 2.24) is 4.98 Å². The molecule has 0 unspecified atom stereocenters. The Bertz CT molecular complexity index is 610. The number of methoxy groups -OCH3 is 1. The first-order valence-corrected chi connectivity index (χ1v) is 7.13. The molecule has 1 aromatic heterocycles. The summed E-state index contributed by atoms with van der Waals surface area (Å²) in [5.74, 6) is 1.38. The first-order valence-electron chi connectivity index (χ1n) is 5.91. The summed E-state index contributed by atoms with van der Waals surface area (Å²) in [6.45, 7) is 6.43. The zero-order chi connectivity index (χ0) is 13.3. The van der Waals surface area contributed by atoms with Crippen molar-refractivity contribution in [2.24, 2.45) is 0 Å². The van der Waals surface area contributed by atoms with Gasteiger partial charge in [0.2, 0.25) is 0 Å². The van der Waals surface area contributed by atoms with E-state index in [0.717, 1.165) is 15.4 Å². The van der Waals surface area contributed by atoms with Crippen LogP contribution in [0.5, 0.6) is 5.75 Å². The topological polar surface area (TPSA) is 25.0 Å². The molecule has 0 fully saturated rings. The molecule has 0 bridgehead atoms. The second kappa shape index (κ2) is 5.24. The lowest BCUT2D eigenvalue weighted by molar-refractivity contribution is 0.407. The standard InChI is InChI=1S/C14H17NOS2/c1-8(2)11-7-10(5-6-12(11)16-4)13-9(3)18-14(17)15-13/h5-8H,1-4H3,(H,15,17). The number of hydrogen-bond acceptors (Lipinski definition) is 3. The molecule has 1 N–H and O–H groups in total. The van der Waals surface area contributed by atoms with Crippen molar-refractivity contribution in [2.75, 3.05) is 7.11 Å². The Kier molecular flexibility index (Phi) is 3.88. The lowest BCUT2D eigenvalue weighted by atomic mass is 9.98. The lowest BCUT2D eigenvalue weighted by Gasteiger charge is -2.13. The van der Waals surface area contributed by atoms with Gasteiger partial charge in [-0.05, 0) is 54.4 Å². The minimum atomic E-state index is 0.432. The van der Waals surface area contributed by atoms with Gasteiger partial charge in [-0.15, -0.1) is 11.3 Å². The van der Waals surface area contributed by atoms with Gasteiger partial charge < -0.3 is 9.72 Å². The lowest BCUT2D eigenvalue weighted by Crippen LogP contribution is -1.95. The third kappa shape index (κ3) is 2.49. The van der Waals surface area contributed by atoms with Crippen molar-refractivity contribution in [3.8, 4) is 17.0 Å². The van der Waals surface area contributed by atoms with E-state index in [0.29, 0.717) is 5.92 Å². The molecule has 1 heterocycles. The number of aryl methyl sites for hydroxylation is 1. The number of benzene rings is 1. The van der Waals surface area contributed by atoms with Crippen molar-refractivity contribution in [2.45, 2.75) is 26.7 Å². The van der Waals surface area contributed by atoms with Gasteiger partial charge in [0, 0.05) is 4.88 Å². The number of nitrogens with one attached hydrogen (secondary N) is 1. The van der Waals surface area contributed by atoms with E-state index in [2.05, 4.69) is 37.9 Å². The van der Waals surface area contributed by atoms with Crippen LogP contribution in [0.15, 0.2) is 18.2 Å². The van der Waals surface area contributed by atoms with Crippen LogP contribution in [0.2, 0.25) is 0 Å². The normalized spacial score (nSPS) is 10.9. The summed E-state index contributed by atoms with van der Waals surface area (Å²) in [5, 5.41) is 0. The van der Waals surface area contributed by atoms with Gasteiger partial charge in [-0.25, -0.2) is 0 Å². The first-order chi connectivity index (χ1) is 8.52. The molecule has 0 spiro atoms. The highest BCUT2D eigenvalue weighted by Crippen LogP contribution is 2.33. The molecule has 0 aliphatic carbocycles. The average Bonchev–Trinajstić information content (AvgIpc) is 2.67. The molecule has 4 heteroatoms. The molecule has 0 saturated heterocycles. The maximum atomic E-state index is 5.40. The van der Waals surface area contributed by atoms with E-state index in [1.165, 1.54) is 16.0 Å². The SMILES string of the molecule is COc1ccc(-c2[nH]c(=S)sc2C)cc1C(C)C. The van der Waals surface area contributed by atoms with Crippen molar-refractivity contribution >= 4 is 23.6 Å². The van der Waals surface area contributed by atoms with Gasteiger partial charge in [-0.3, -0.25) is 0 Å². The second-order valence-corrected chi connectivity index (χ2v) is 6.45. The summed E-state index contributed by atoms with van der Waals surface area (Å²) in [6.07, 6.45) is 0. The van der Waals surface area contributed by atoms with Crippen LogP contribution in [0.3, 0.4) is 0 Å². The largest absolute Gasteiger partial charge is 0.496 e. The molecule has 0 atom stereocenters. The van der Waals surface area contributed by atoms with E-state index < -0.39 is 0 Å². The Labute approximate surface area is 117 Å². The van der Waals surface area contributed by atoms with Crippen LogP contribution in [-0.4, -0.2) is 12.1 Å². The molecule has 2 aromatic rings. The van der Waals surface area contributed by atoms with Gasteiger partial charge >= 0.3 is 0 Å². The van der Waals surface area contributed by atoms with Crippen molar-refractivity contribution in [3.63, 3.8) is 0 Å². The van der Waals surface area contributed by atoms with E-state index in [4.69, 9.17) is 17.0 Å². The Morgan fingerprint density at radius 3 is 2.56 bits per heavy atom. The molecule has 1 aromatic carbocycles. The fourth-order valence-corrected chi connectivity index (χ4v) is 3.20. The number of thiazole rings is 1. The maximum Gasteiger partial charge on any atom is 0.159 e. The van der Waals surface area contributed by atoms with Gasteiger partial charge in [0.05, 0.1) is 12.8 Å². The third-order valence-corrected chi connectivity index (χ3v) is 4.12. The second-order valence-electron chi connectivity index (χ2n) is 4.56. The van der Waals surface area contributed by atoms with Gasteiger partial charge in [-0.2, -0.15) is 0 Å². The van der Waals surface area contributed by atoms with E-state index in [9.17, 15) is 0 Å². The molecule has 0 aliphatic heterocycles. The van der Waals surface area contributed by atoms with Crippen LogP contribution in [0.1, 0.15) is 30.2 Å². The molecule has 0 aliphatic rings. The predicted molar refractivity (Wildman–Crippen MR) is 80.3 cm³/mol. The minimum Gasteiger partial charge on any atom is -0.496 e. The van der Waals surface area contributed by atoms with Gasteiger partial charge in [0.15, 0.2) is 3.95 Å². The molecule has 2 nitrogen and oxygen atoms in total. The molecule has 0 amide bonds. The summed E-state index contributed by atoms with van der Waals surface area (Å²) >= 11 is 6.81. The number of ether oxygens (including phenoxy) is 1. The molecule has 96 valence electrons. The summed E-state index contributed by atoms with van der Waals surface area (Å²) in [7, 11) is 1.71. The van der Waals surface area contributed by atoms with Gasteiger partial charge in [0.25, 0.3) is 0 Å². The molecular formula is C14H17NOS2. The highest BCUT2D eigenvalue weighted by Gasteiger charge is 2.11. The van der Waals surface area contributed by atoms with Gasteiger partial charge in [0.1, 0.15) is 5.75 Å². The number of hydrogen-bond donors (Lipinski definition) is 1. The molecule has 2 rings (SSSR count). The number of aromatic nitrogens is 1. The quantitative estimate of drug-likeness (QED) is 0.807. The minimum absolute atomic E-state index is 0.432. The Morgan fingerprint density at radius 1 is 1.33 bits per heavy atom. The maximum absolute atomic E-state index is 5.40. The van der Waals surface area contributed by atoms with Crippen LogP contribution >= 0.6 is 23.6 Å². The van der Waals surface area contributed by atoms with Crippen molar-refractivity contribution in [3.05, 3.63) is 32.6 Å². The molecule has 0 radical (unpaired) electrons. The summed E-state index contributed by atoms with van der Waals surface area (Å²) < 4.78 is 6.23. The molecule has 0 saturated carbocycles. The van der Waals surface area contributed by atoms with E-state index >= 15 is 0 Å². The monoisotopic (exact) mass is 279 g/mol. The Morgan fingerprint density at radius 2 is 2.06 bits per heavy atom.